The second kappa shape index (κ2) is 9.82. The van der Waals surface area contributed by atoms with Gasteiger partial charge in [0.15, 0.2) is 5.78 Å². The average Bonchev–Trinajstić information content (AvgIpc) is 2.32. The fourth-order valence-corrected chi connectivity index (χ4v) is 1.99. The average molecular weight is 293 g/mol. The summed E-state index contributed by atoms with van der Waals surface area (Å²) in [6, 6.07) is 0. The van der Waals surface area contributed by atoms with Gasteiger partial charge in [-0.05, 0) is 6.42 Å². The standard InChI is InChI=1S/C12H21BrO3/c1-3-4-5-6-7-8-10(11(14)9-13)12(15)16-2/h10H,3-9H2,1-2H3. The van der Waals surface area contributed by atoms with E-state index in [1.807, 2.05) is 0 Å². The molecular weight excluding hydrogens is 272 g/mol. The fraction of sp³-hybridized carbons (Fsp3) is 0.833. The van der Waals surface area contributed by atoms with Crippen LogP contribution in [0.15, 0.2) is 0 Å². The van der Waals surface area contributed by atoms with Crippen LogP contribution in [0.25, 0.3) is 0 Å². The van der Waals surface area contributed by atoms with E-state index < -0.39 is 11.9 Å². The fourth-order valence-electron chi connectivity index (χ4n) is 1.60. The highest BCUT2D eigenvalue weighted by molar-refractivity contribution is 9.09. The zero-order chi connectivity index (χ0) is 12.4. The normalized spacial score (nSPS) is 12.2. The van der Waals surface area contributed by atoms with E-state index >= 15 is 0 Å². The van der Waals surface area contributed by atoms with Gasteiger partial charge in [-0.2, -0.15) is 0 Å². The van der Waals surface area contributed by atoms with E-state index in [-0.39, 0.29) is 11.1 Å². The van der Waals surface area contributed by atoms with Gasteiger partial charge in [0, 0.05) is 0 Å². The molecule has 16 heavy (non-hydrogen) atoms. The minimum atomic E-state index is -0.578. The van der Waals surface area contributed by atoms with Crippen molar-refractivity contribution in [1.29, 1.82) is 0 Å². The number of halogens is 1. The van der Waals surface area contributed by atoms with Crippen molar-refractivity contribution < 1.29 is 14.3 Å². The lowest BCUT2D eigenvalue weighted by atomic mass is 9.97. The summed E-state index contributed by atoms with van der Waals surface area (Å²) in [4.78, 5) is 22.9. The molecule has 0 aliphatic heterocycles. The quantitative estimate of drug-likeness (QED) is 0.284. The van der Waals surface area contributed by atoms with Gasteiger partial charge in [0.05, 0.1) is 12.4 Å². The third kappa shape index (κ3) is 6.26. The first-order valence-electron chi connectivity index (χ1n) is 5.83. The number of hydrogen-bond acceptors (Lipinski definition) is 3. The van der Waals surface area contributed by atoms with Crippen molar-refractivity contribution in [3.8, 4) is 0 Å². The molecule has 4 heteroatoms. The lowest BCUT2D eigenvalue weighted by Crippen LogP contribution is -2.26. The zero-order valence-electron chi connectivity index (χ0n) is 10.1. The van der Waals surface area contributed by atoms with Crippen molar-refractivity contribution in [2.75, 3.05) is 12.4 Å². The molecule has 1 unspecified atom stereocenters. The predicted molar refractivity (Wildman–Crippen MR) is 67.7 cm³/mol. The van der Waals surface area contributed by atoms with Gasteiger partial charge in [-0.15, -0.1) is 0 Å². The third-order valence-corrected chi connectivity index (χ3v) is 3.16. The Balaban J connectivity index is 3.93. The van der Waals surface area contributed by atoms with Crippen LogP contribution in [0.4, 0.5) is 0 Å². The molecule has 0 heterocycles. The van der Waals surface area contributed by atoms with Crippen LogP contribution >= 0.6 is 15.9 Å². The number of hydrogen-bond donors (Lipinski definition) is 0. The third-order valence-electron chi connectivity index (χ3n) is 2.60. The Morgan fingerprint density at radius 3 is 2.31 bits per heavy atom. The number of carbonyl (C=O) groups is 2. The van der Waals surface area contributed by atoms with Crippen molar-refractivity contribution in [2.45, 2.75) is 45.4 Å². The Bertz CT molecular complexity index is 200. The van der Waals surface area contributed by atoms with Crippen LogP contribution in [0, 0.1) is 5.92 Å². The number of rotatable bonds is 9. The maximum absolute atomic E-state index is 11.5. The van der Waals surface area contributed by atoms with E-state index in [4.69, 9.17) is 0 Å². The molecule has 0 aliphatic carbocycles. The summed E-state index contributed by atoms with van der Waals surface area (Å²) in [5, 5.41) is 0.224. The number of ether oxygens (including phenoxy) is 1. The number of esters is 1. The van der Waals surface area contributed by atoms with Crippen molar-refractivity contribution in [2.24, 2.45) is 5.92 Å². The Morgan fingerprint density at radius 2 is 1.81 bits per heavy atom. The highest BCUT2D eigenvalue weighted by Crippen LogP contribution is 2.15. The van der Waals surface area contributed by atoms with E-state index in [1.165, 1.54) is 26.4 Å². The molecule has 94 valence electrons. The number of alkyl halides is 1. The second-order valence-corrected chi connectivity index (χ2v) is 4.44. The monoisotopic (exact) mass is 292 g/mol. The topological polar surface area (TPSA) is 43.4 Å². The van der Waals surface area contributed by atoms with Crippen molar-refractivity contribution in [3.63, 3.8) is 0 Å². The molecular formula is C12H21BrO3. The Kier molecular flexibility index (Phi) is 9.59. The van der Waals surface area contributed by atoms with Crippen LogP contribution in [-0.2, 0) is 14.3 Å². The highest BCUT2D eigenvalue weighted by atomic mass is 79.9. The molecule has 0 amide bonds. The molecule has 0 fully saturated rings. The molecule has 1 atom stereocenters. The van der Waals surface area contributed by atoms with Crippen molar-refractivity contribution in [1.82, 2.24) is 0 Å². The van der Waals surface area contributed by atoms with Crippen molar-refractivity contribution in [3.05, 3.63) is 0 Å². The molecule has 0 radical (unpaired) electrons. The molecule has 0 saturated heterocycles. The smallest absolute Gasteiger partial charge is 0.316 e. The molecule has 0 spiro atoms. The molecule has 0 N–H and O–H groups in total. The summed E-state index contributed by atoms with van der Waals surface area (Å²) in [5.41, 5.74) is 0. The lowest BCUT2D eigenvalue weighted by Gasteiger charge is -2.11. The van der Waals surface area contributed by atoms with E-state index in [9.17, 15) is 9.59 Å². The first kappa shape index (κ1) is 15.6. The van der Waals surface area contributed by atoms with Gasteiger partial charge in [0.1, 0.15) is 5.92 Å². The van der Waals surface area contributed by atoms with Crippen LogP contribution in [0.1, 0.15) is 45.4 Å². The van der Waals surface area contributed by atoms with Crippen molar-refractivity contribution >= 4 is 27.7 Å². The number of unbranched alkanes of at least 4 members (excludes halogenated alkanes) is 4. The summed E-state index contributed by atoms with van der Waals surface area (Å²) < 4.78 is 4.63. The van der Waals surface area contributed by atoms with Crippen LogP contribution in [0.2, 0.25) is 0 Å². The Hall–Kier alpha value is -0.380. The number of carbonyl (C=O) groups excluding carboxylic acids is 2. The zero-order valence-corrected chi connectivity index (χ0v) is 11.7. The Morgan fingerprint density at radius 1 is 1.19 bits per heavy atom. The van der Waals surface area contributed by atoms with Crippen LogP contribution in [0.3, 0.4) is 0 Å². The van der Waals surface area contributed by atoms with Crippen LogP contribution in [-0.4, -0.2) is 24.2 Å². The summed E-state index contributed by atoms with van der Waals surface area (Å²) in [6.07, 6.45) is 6.19. The van der Waals surface area contributed by atoms with Gasteiger partial charge in [0.25, 0.3) is 0 Å². The summed E-state index contributed by atoms with van der Waals surface area (Å²) in [7, 11) is 1.33. The molecule has 0 aromatic carbocycles. The van der Waals surface area contributed by atoms with Gasteiger partial charge in [0.2, 0.25) is 0 Å². The van der Waals surface area contributed by atoms with Gasteiger partial charge >= 0.3 is 5.97 Å². The number of ketones is 1. The largest absolute Gasteiger partial charge is 0.468 e. The molecule has 0 aromatic rings. The van der Waals surface area contributed by atoms with Crippen LogP contribution < -0.4 is 0 Å². The van der Waals surface area contributed by atoms with Gasteiger partial charge < -0.3 is 4.74 Å². The van der Waals surface area contributed by atoms with E-state index in [2.05, 4.69) is 27.6 Å². The molecule has 0 aromatic heterocycles. The Labute approximate surface area is 106 Å². The summed E-state index contributed by atoms with van der Waals surface area (Å²) >= 11 is 3.09. The molecule has 0 bridgehead atoms. The maximum Gasteiger partial charge on any atom is 0.316 e. The lowest BCUT2D eigenvalue weighted by molar-refractivity contribution is -0.149. The molecule has 0 saturated carbocycles. The van der Waals surface area contributed by atoms with E-state index in [0.717, 1.165) is 12.8 Å². The van der Waals surface area contributed by atoms with Gasteiger partial charge in [-0.3, -0.25) is 9.59 Å². The number of methoxy groups -OCH3 is 1. The second-order valence-electron chi connectivity index (χ2n) is 3.88. The van der Waals surface area contributed by atoms with E-state index in [1.54, 1.807) is 0 Å². The van der Waals surface area contributed by atoms with Gasteiger partial charge in [-0.1, -0.05) is 55.0 Å². The summed E-state index contributed by atoms with van der Waals surface area (Å²) in [5.74, 6) is -1.06. The SMILES string of the molecule is CCCCCCCC(C(=O)CBr)C(=O)OC. The summed E-state index contributed by atoms with van der Waals surface area (Å²) in [6.45, 7) is 2.16. The predicted octanol–water partition coefficient (Wildman–Crippen LogP) is 3.10. The maximum atomic E-state index is 11.5. The minimum Gasteiger partial charge on any atom is -0.468 e. The molecule has 0 aliphatic rings. The van der Waals surface area contributed by atoms with E-state index in [0.29, 0.717) is 6.42 Å². The molecule has 3 nitrogen and oxygen atoms in total. The highest BCUT2D eigenvalue weighted by Gasteiger charge is 2.25. The van der Waals surface area contributed by atoms with Crippen LogP contribution in [0.5, 0.6) is 0 Å². The molecule has 0 rings (SSSR count). The minimum absolute atomic E-state index is 0.0812. The van der Waals surface area contributed by atoms with Gasteiger partial charge in [-0.25, -0.2) is 0 Å². The first-order chi connectivity index (χ1) is 7.67. The first-order valence-corrected chi connectivity index (χ1v) is 6.96. The number of Topliss-reactive ketones (excluding diaryl/α,β-unsaturated/α-hetero) is 1.